The maximum atomic E-state index is 12.3. The summed E-state index contributed by atoms with van der Waals surface area (Å²) in [5.41, 5.74) is 0. The molecule has 0 radical (unpaired) electrons. The minimum atomic E-state index is -6.21. The summed E-state index contributed by atoms with van der Waals surface area (Å²) in [4.78, 5) is 0. The first-order chi connectivity index (χ1) is 8.99. The second-order valence-corrected chi connectivity index (χ2v) is 3.08. The van der Waals surface area contributed by atoms with Crippen molar-refractivity contribution in [2.75, 3.05) is 0 Å². The smallest absolute Gasteiger partial charge is 0.394 e. The van der Waals surface area contributed by atoms with Gasteiger partial charge in [0.2, 0.25) is 0 Å². The topological polar surface area (TPSA) is 27.7 Å². The van der Waals surface area contributed by atoms with E-state index in [1.54, 1.807) is 0 Å². The highest BCUT2D eigenvalue weighted by molar-refractivity contribution is 4.84. The van der Waals surface area contributed by atoms with E-state index in [0.29, 0.717) is 0 Å². The van der Waals surface area contributed by atoms with E-state index < -0.39 is 36.5 Å². The van der Waals surface area contributed by atoms with Crippen molar-refractivity contribution in [3.63, 3.8) is 0 Å². The molecule has 0 rings (SSSR count). The van der Waals surface area contributed by atoms with Crippen LogP contribution in [0.25, 0.3) is 0 Å². The van der Waals surface area contributed by atoms with Gasteiger partial charge in [-0.15, -0.1) is 0 Å². The fraction of sp³-hybridized carbons (Fsp3) is 0.500. The first-order valence-corrected chi connectivity index (χ1v) is 4.32. The second kappa shape index (κ2) is 5.52. The SMILES string of the molecule is C=C(OC(=C)OC(F)(F)C(F)(F)F)OC(F)(F)C(F)(F)F. The van der Waals surface area contributed by atoms with Gasteiger partial charge in [-0.3, -0.25) is 0 Å². The Morgan fingerprint density at radius 1 is 0.571 bits per heavy atom. The lowest BCUT2D eigenvalue weighted by Gasteiger charge is -2.23. The molecule has 0 aliphatic carbocycles. The van der Waals surface area contributed by atoms with E-state index in [1.165, 1.54) is 0 Å². The van der Waals surface area contributed by atoms with Crippen molar-refractivity contribution >= 4 is 0 Å². The highest BCUT2D eigenvalue weighted by atomic mass is 19.4. The summed E-state index contributed by atoms with van der Waals surface area (Å²) in [6, 6.07) is 0. The molecule has 0 aromatic heterocycles. The number of hydrogen-bond donors (Lipinski definition) is 0. The molecular formula is C8H4F10O3. The van der Waals surface area contributed by atoms with Gasteiger partial charge in [-0.2, -0.15) is 43.9 Å². The van der Waals surface area contributed by atoms with Crippen LogP contribution in [0.5, 0.6) is 0 Å². The average Bonchev–Trinajstić information content (AvgIpc) is 2.10. The third-order valence-electron chi connectivity index (χ3n) is 1.37. The third-order valence-corrected chi connectivity index (χ3v) is 1.37. The minimum Gasteiger partial charge on any atom is -0.394 e. The zero-order chi connectivity index (χ0) is 17.3. The normalized spacial score (nSPS) is 13.6. The van der Waals surface area contributed by atoms with Crippen LogP contribution in [-0.2, 0) is 14.2 Å². The molecule has 0 N–H and O–H groups in total. The fourth-order valence-corrected chi connectivity index (χ4v) is 0.570. The van der Waals surface area contributed by atoms with Crippen molar-refractivity contribution in [3.8, 4) is 0 Å². The van der Waals surface area contributed by atoms with Gasteiger partial charge in [0.1, 0.15) is 0 Å². The molecule has 21 heavy (non-hydrogen) atoms. The van der Waals surface area contributed by atoms with Crippen molar-refractivity contribution in [2.24, 2.45) is 0 Å². The van der Waals surface area contributed by atoms with Crippen LogP contribution in [-0.4, -0.2) is 24.6 Å². The van der Waals surface area contributed by atoms with Crippen molar-refractivity contribution in [1.29, 1.82) is 0 Å². The summed E-state index contributed by atoms with van der Waals surface area (Å²) in [7, 11) is 0. The molecule has 0 aromatic rings. The Hall–Kier alpha value is -1.82. The van der Waals surface area contributed by atoms with Gasteiger partial charge < -0.3 is 14.2 Å². The van der Waals surface area contributed by atoms with Crippen molar-refractivity contribution in [1.82, 2.24) is 0 Å². The van der Waals surface area contributed by atoms with Gasteiger partial charge in [-0.1, -0.05) is 0 Å². The Morgan fingerprint density at radius 2 is 0.810 bits per heavy atom. The number of hydrogen-bond acceptors (Lipinski definition) is 3. The predicted molar refractivity (Wildman–Crippen MR) is 43.5 cm³/mol. The van der Waals surface area contributed by atoms with E-state index in [4.69, 9.17) is 0 Å². The predicted octanol–water partition coefficient (Wildman–Crippen LogP) is 4.29. The number of alkyl halides is 10. The number of rotatable bonds is 6. The van der Waals surface area contributed by atoms with Crippen LogP contribution in [0.1, 0.15) is 0 Å². The quantitative estimate of drug-likeness (QED) is 0.534. The summed E-state index contributed by atoms with van der Waals surface area (Å²) in [6.07, 6.45) is -24.1. The summed E-state index contributed by atoms with van der Waals surface area (Å²) in [5, 5.41) is 0. The zero-order valence-electron chi connectivity index (χ0n) is 9.42. The summed E-state index contributed by atoms with van der Waals surface area (Å²) in [5.74, 6) is -3.94. The lowest BCUT2D eigenvalue weighted by atomic mass is 10.6. The van der Waals surface area contributed by atoms with Crippen LogP contribution < -0.4 is 0 Å². The largest absolute Gasteiger partial charge is 0.501 e. The van der Waals surface area contributed by atoms with Gasteiger partial charge >= 0.3 is 24.6 Å². The molecule has 0 bridgehead atoms. The molecule has 0 unspecified atom stereocenters. The maximum Gasteiger partial charge on any atom is 0.501 e. The molecule has 13 heteroatoms. The molecule has 0 saturated carbocycles. The van der Waals surface area contributed by atoms with Gasteiger partial charge in [0.25, 0.3) is 11.9 Å². The number of halogens is 10. The van der Waals surface area contributed by atoms with Gasteiger partial charge in [0.15, 0.2) is 0 Å². The standard InChI is InChI=1S/C8H4F10O3/c1-3(20-7(15,16)5(9,10)11)19-4(2)21-8(17,18)6(12,13)14/h1-2H2. The van der Waals surface area contributed by atoms with Crippen molar-refractivity contribution in [2.45, 2.75) is 24.6 Å². The Kier molecular flexibility index (Phi) is 5.04. The fourth-order valence-electron chi connectivity index (χ4n) is 0.570. The van der Waals surface area contributed by atoms with Gasteiger partial charge in [-0.05, 0) is 13.2 Å². The molecule has 0 spiro atoms. The van der Waals surface area contributed by atoms with Crippen LogP contribution in [0.2, 0.25) is 0 Å². The Bertz CT molecular complexity index is 370. The first kappa shape index (κ1) is 19.2. The van der Waals surface area contributed by atoms with E-state index in [2.05, 4.69) is 27.4 Å². The second-order valence-electron chi connectivity index (χ2n) is 3.08. The summed E-state index contributed by atoms with van der Waals surface area (Å²) >= 11 is 0. The highest BCUT2D eigenvalue weighted by Crippen LogP contribution is 2.40. The molecule has 124 valence electrons. The lowest BCUT2D eigenvalue weighted by Crippen LogP contribution is -2.40. The van der Waals surface area contributed by atoms with Crippen LogP contribution in [0.15, 0.2) is 25.0 Å². The van der Waals surface area contributed by atoms with E-state index in [1.807, 2.05) is 0 Å². The van der Waals surface area contributed by atoms with Crippen LogP contribution in [0, 0.1) is 0 Å². The molecule has 0 heterocycles. The van der Waals surface area contributed by atoms with E-state index in [0.717, 1.165) is 0 Å². The van der Waals surface area contributed by atoms with Crippen molar-refractivity contribution < 1.29 is 58.1 Å². The Balaban J connectivity index is 4.66. The summed E-state index contributed by atoms with van der Waals surface area (Å²) < 4.78 is 128. The van der Waals surface area contributed by atoms with Crippen molar-refractivity contribution in [3.05, 3.63) is 25.0 Å². The molecule has 0 amide bonds. The van der Waals surface area contributed by atoms with E-state index >= 15 is 0 Å². The molecule has 0 atom stereocenters. The van der Waals surface area contributed by atoms with Gasteiger partial charge in [0.05, 0.1) is 0 Å². The zero-order valence-corrected chi connectivity index (χ0v) is 9.42. The first-order valence-electron chi connectivity index (χ1n) is 4.32. The molecule has 0 aliphatic rings. The Morgan fingerprint density at radius 3 is 1.00 bits per heavy atom. The maximum absolute atomic E-state index is 12.3. The minimum absolute atomic E-state index is 1.97. The van der Waals surface area contributed by atoms with Crippen LogP contribution >= 0.6 is 0 Å². The average molecular weight is 338 g/mol. The highest BCUT2D eigenvalue weighted by Gasteiger charge is 2.63. The van der Waals surface area contributed by atoms with Gasteiger partial charge in [-0.25, -0.2) is 0 Å². The van der Waals surface area contributed by atoms with Crippen LogP contribution in [0.3, 0.4) is 0 Å². The van der Waals surface area contributed by atoms with E-state index in [9.17, 15) is 43.9 Å². The lowest BCUT2D eigenvalue weighted by molar-refractivity contribution is -0.399. The molecule has 0 fully saturated rings. The molecular weight excluding hydrogens is 334 g/mol. The molecule has 0 aromatic carbocycles. The summed E-state index contributed by atoms with van der Waals surface area (Å²) in [6.45, 7) is 4.59. The molecule has 0 saturated heterocycles. The monoisotopic (exact) mass is 338 g/mol. The molecule has 0 aliphatic heterocycles. The number of ether oxygens (including phenoxy) is 3. The van der Waals surface area contributed by atoms with E-state index in [-0.39, 0.29) is 0 Å². The third kappa shape index (κ3) is 5.23. The molecule has 3 nitrogen and oxygen atoms in total. The van der Waals surface area contributed by atoms with Crippen LogP contribution in [0.4, 0.5) is 43.9 Å². The van der Waals surface area contributed by atoms with Gasteiger partial charge in [0, 0.05) is 0 Å². The Labute approximate surface area is 109 Å².